The molecule has 1 heterocycles. The molecular formula is C32H48O5. The zero-order valence-corrected chi connectivity index (χ0v) is 24.3. The minimum Gasteiger partial charge on any atom is -0.462 e. The van der Waals surface area contributed by atoms with Crippen LogP contribution in [0.4, 0.5) is 0 Å². The van der Waals surface area contributed by atoms with E-state index in [2.05, 4.69) is 53.7 Å². The summed E-state index contributed by atoms with van der Waals surface area (Å²) in [4.78, 5) is 24.1. The molecule has 0 aromatic heterocycles. The maximum absolute atomic E-state index is 12.4. The number of hydrogen-bond acceptors (Lipinski definition) is 5. The van der Waals surface area contributed by atoms with E-state index in [4.69, 9.17) is 14.2 Å². The Morgan fingerprint density at radius 3 is 2.32 bits per heavy atom. The summed E-state index contributed by atoms with van der Waals surface area (Å²) >= 11 is 0. The van der Waals surface area contributed by atoms with Crippen molar-refractivity contribution < 1.29 is 23.8 Å². The Balaban J connectivity index is 1.50. The highest BCUT2D eigenvalue weighted by molar-refractivity contribution is 5.67. The maximum Gasteiger partial charge on any atom is 0.303 e. The van der Waals surface area contributed by atoms with Crippen LogP contribution >= 0.6 is 0 Å². The van der Waals surface area contributed by atoms with E-state index in [1.54, 1.807) is 5.57 Å². The maximum atomic E-state index is 12.4. The first kappa shape index (κ1) is 27.0. The van der Waals surface area contributed by atoms with E-state index in [1.807, 2.05) is 0 Å². The van der Waals surface area contributed by atoms with Crippen molar-refractivity contribution >= 4 is 11.9 Å². The van der Waals surface area contributed by atoms with Gasteiger partial charge in [-0.05, 0) is 79.1 Å². The molecule has 10 atom stereocenters. The van der Waals surface area contributed by atoms with Gasteiger partial charge in [0.2, 0.25) is 0 Å². The summed E-state index contributed by atoms with van der Waals surface area (Å²) < 4.78 is 18.4. The summed E-state index contributed by atoms with van der Waals surface area (Å²) in [5.74, 6) is 2.24. The molecule has 0 unspecified atom stereocenters. The van der Waals surface area contributed by atoms with Crippen LogP contribution in [0, 0.1) is 40.4 Å². The van der Waals surface area contributed by atoms with Crippen LogP contribution in [0.25, 0.3) is 0 Å². The molecule has 0 radical (unpaired) electrons. The molecule has 0 amide bonds. The summed E-state index contributed by atoms with van der Waals surface area (Å²) in [5, 5.41) is 0. The molecule has 206 valence electrons. The van der Waals surface area contributed by atoms with Crippen molar-refractivity contribution in [2.75, 3.05) is 0 Å². The summed E-state index contributed by atoms with van der Waals surface area (Å²) in [5.41, 5.74) is 2.70. The van der Waals surface area contributed by atoms with E-state index in [1.165, 1.54) is 32.3 Å². The second-order valence-electron chi connectivity index (χ2n) is 13.8. The fourth-order valence-corrected chi connectivity index (χ4v) is 9.07. The smallest absolute Gasteiger partial charge is 0.303 e. The average Bonchev–Trinajstić information content (AvgIpc) is 3.43. The first-order chi connectivity index (χ1) is 17.3. The van der Waals surface area contributed by atoms with Gasteiger partial charge in [0.25, 0.3) is 0 Å². The minimum absolute atomic E-state index is 0.0229. The van der Waals surface area contributed by atoms with E-state index in [0.29, 0.717) is 36.0 Å². The molecule has 0 N–H and O–H groups in total. The quantitative estimate of drug-likeness (QED) is 0.222. The molecule has 3 saturated carbocycles. The number of carbonyl (C=O) groups excluding carboxylic acids is 2. The molecule has 4 aliphatic carbocycles. The Hall–Kier alpha value is -1.62. The normalized spacial score (nSPS) is 44.0. The molecular weight excluding hydrogens is 464 g/mol. The van der Waals surface area contributed by atoms with Crippen LogP contribution < -0.4 is 0 Å². The Morgan fingerprint density at radius 1 is 0.973 bits per heavy atom. The lowest BCUT2D eigenvalue weighted by molar-refractivity contribution is -0.153. The van der Waals surface area contributed by atoms with E-state index < -0.39 is 0 Å². The molecule has 5 aliphatic rings. The van der Waals surface area contributed by atoms with Gasteiger partial charge in [0, 0.05) is 25.7 Å². The molecule has 0 aromatic carbocycles. The fraction of sp³-hybridized carbons (Fsp3) is 0.812. The Bertz CT molecular complexity index is 1010. The number of rotatable bonds is 6. The molecule has 37 heavy (non-hydrogen) atoms. The zero-order chi connectivity index (χ0) is 26.9. The van der Waals surface area contributed by atoms with Gasteiger partial charge < -0.3 is 14.2 Å². The van der Waals surface area contributed by atoms with Gasteiger partial charge in [-0.1, -0.05) is 59.3 Å². The highest BCUT2D eigenvalue weighted by Gasteiger charge is 2.78. The second-order valence-corrected chi connectivity index (χ2v) is 13.8. The van der Waals surface area contributed by atoms with Gasteiger partial charge in [0.1, 0.15) is 17.8 Å². The van der Waals surface area contributed by atoms with Crippen LogP contribution in [0.5, 0.6) is 0 Å². The van der Waals surface area contributed by atoms with Gasteiger partial charge in [-0.3, -0.25) is 9.59 Å². The monoisotopic (exact) mass is 512 g/mol. The third-order valence-corrected chi connectivity index (χ3v) is 11.5. The summed E-state index contributed by atoms with van der Waals surface area (Å²) in [6.07, 6.45) is 11.5. The van der Waals surface area contributed by atoms with Crippen LogP contribution in [0.3, 0.4) is 0 Å². The predicted octanol–water partition coefficient (Wildman–Crippen LogP) is 6.80. The lowest BCUT2D eigenvalue weighted by Gasteiger charge is -2.56. The lowest BCUT2D eigenvalue weighted by Crippen LogP contribution is -2.58. The Morgan fingerprint density at radius 2 is 1.68 bits per heavy atom. The SMILES string of the molecule is CC(=O)O[C@H]1CC[C@]2(C)[C@H]3CC[C@@]4(C)C(=C3[C@H](OC(C)=O)[C@@H]3O[C@@]32C1)CC[C@@H]4[C@H](C)/C=C/[C@H](C)C(C)C. The van der Waals surface area contributed by atoms with E-state index in [-0.39, 0.29) is 46.7 Å². The molecule has 5 rings (SSSR count). The van der Waals surface area contributed by atoms with Crippen molar-refractivity contribution in [3.63, 3.8) is 0 Å². The summed E-state index contributed by atoms with van der Waals surface area (Å²) in [6, 6.07) is 0. The largest absolute Gasteiger partial charge is 0.462 e. The fourth-order valence-electron chi connectivity index (χ4n) is 9.07. The first-order valence-electron chi connectivity index (χ1n) is 14.8. The van der Waals surface area contributed by atoms with Crippen LogP contribution in [-0.4, -0.2) is 35.9 Å². The number of esters is 2. The molecule has 0 bridgehead atoms. The van der Waals surface area contributed by atoms with Gasteiger partial charge in [0.05, 0.1) is 0 Å². The molecule has 4 fully saturated rings. The molecule has 5 nitrogen and oxygen atoms in total. The van der Waals surface area contributed by atoms with Crippen molar-refractivity contribution in [3.05, 3.63) is 23.3 Å². The van der Waals surface area contributed by atoms with Gasteiger partial charge in [-0.2, -0.15) is 0 Å². The molecule has 1 saturated heterocycles. The van der Waals surface area contributed by atoms with Crippen molar-refractivity contribution in [3.8, 4) is 0 Å². The average molecular weight is 513 g/mol. The molecule has 0 aromatic rings. The van der Waals surface area contributed by atoms with Crippen LogP contribution in [0.2, 0.25) is 0 Å². The molecule has 5 heteroatoms. The predicted molar refractivity (Wildman–Crippen MR) is 144 cm³/mol. The van der Waals surface area contributed by atoms with Gasteiger partial charge in [0.15, 0.2) is 6.10 Å². The third kappa shape index (κ3) is 4.13. The summed E-state index contributed by atoms with van der Waals surface area (Å²) in [7, 11) is 0. The third-order valence-electron chi connectivity index (χ3n) is 11.5. The van der Waals surface area contributed by atoms with Crippen molar-refractivity contribution in [2.45, 2.75) is 124 Å². The number of ether oxygens (including phenoxy) is 3. The Kier molecular flexibility index (Phi) is 6.74. The van der Waals surface area contributed by atoms with Crippen LogP contribution in [-0.2, 0) is 23.8 Å². The van der Waals surface area contributed by atoms with Crippen LogP contribution in [0.1, 0.15) is 100 Å². The van der Waals surface area contributed by atoms with Gasteiger partial charge >= 0.3 is 11.9 Å². The van der Waals surface area contributed by atoms with Gasteiger partial charge in [-0.15, -0.1) is 0 Å². The summed E-state index contributed by atoms with van der Waals surface area (Å²) in [6.45, 7) is 17.2. The van der Waals surface area contributed by atoms with Crippen molar-refractivity contribution in [1.82, 2.24) is 0 Å². The lowest BCUT2D eigenvalue weighted by atomic mass is 9.48. The highest BCUT2D eigenvalue weighted by atomic mass is 16.7. The number of fused-ring (bicyclic) bond motifs is 3. The van der Waals surface area contributed by atoms with E-state index in [0.717, 1.165) is 25.7 Å². The first-order valence-corrected chi connectivity index (χ1v) is 14.8. The van der Waals surface area contributed by atoms with Crippen LogP contribution in [0.15, 0.2) is 23.3 Å². The van der Waals surface area contributed by atoms with E-state index >= 15 is 0 Å². The number of carbonyl (C=O) groups is 2. The Labute approximate surface area is 223 Å². The minimum atomic E-state index is -0.366. The van der Waals surface area contributed by atoms with Crippen molar-refractivity contribution in [2.24, 2.45) is 40.4 Å². The van der Waals surface area contributed by atoms with E-state index in [9.17, 15) is 9.59 Å². The molecule has 1 spiro atoms. The molecule has 1 aliphatic heterocycles. The standard InChI is InChI=1S/C32H48O5/c1-18(2)19(3)9-10-20(4)24-11-12-25-27-26(14-15-30(24,25)7)31(8)16-13-23(35-21(5)33)17-32(31)29(37-32)28(27)36-22(6)34/h9-10,18-20,23-24,26,28-29H,11-17H2,1-8H3/b10-9+/t19-,20+,23-,24+,26-,28-,29-,30+,31+,32-/m0/s1. The van der Waals surface area contributed by atoms with Gasteiger partial charge in [-0.25, -0.2) is 0 Å². The number of hydrogen-bond donors (Lipinski definition) is 0. The number of epoxide rings is 1. The second kappa shape index (κ2) is 9.24. The zero-order valence-electron chi connectivity index (χ0n) is 24.3. The van der Waals surface area contributed by atoms with Crippen molar-refractivity contribution in [1.29, 1.82) is 0 Å². The topological polar surface area (TPSA) is 65.1 Å². The highest BCUT2D eigenvalue weighted by Crippen LogP contribution is 2.73. The number of allylic oxidation sites excluding steroid dienone is 3.